The lowest BCUT2D eigenvalue weighted by Crippen LogP contribution is -2.33. The SMILES string of the molecule is CN(CCN(C=O)c1cccc(C(N)=O)c1)c1nccc(-c2ccc(-n3c(OC(F)F)nn(C)c3=O)cn2)c1F. The summed E-state index contributed by atoms with van der Waals surface area (Å²) in [5, 5.41) is 3.64. The minimum Gasteiger partial charge on any atom is -0.401 e. The number of pyridine rings is 2. The molecule has 12 nitrogen and oxygen atoms in total. The fourth-order valence-corrected chi connectivity index (χ4v) is 3.84. The van der Waals surface area contributed by atoms with Crippen LogP contribution in [0.3, 0.4) is 0 Å². The first kappa shape index (κ1) is 27.8. The van der Waals surface area contributed by atoms with E-state index in [4.69, 9.17) is 5.73 Å². The van der Waals surface area contributed by atoms with E-state index in [1.54, 1.807) is 19.2 Å². The maximum absolute atomic E-state index is 15.5. The second-order valence-corrected chi connectivity index (χ2v) is 8.44. The van der Waals surface area contributed by atoms with Crippen molar-refractivity contribution in [1.82, 2.24) is 24.3 Å². The van der Waals surface area contributed by atoms with Gasteiger partial charge in [-0.25, -0.2) is 23.4 Å². The van der Waals surface area contributed by atoms with E-state index >= 15 is 4.39 Å². The summed E-state index contributed by atoms with van der Waals surface area (Å²) in [6.45, 7) is -2.88. The van der Waals surface area contributed by atoms with Gasteiger partial charge < -0.3 is 20.3 Å². The van der Waals surface area contributed by atoms with Crippen LogP contribution in [0.1, 0.15) is 10.4 Å². The zero-order valence-corrected chi connectivity index (χ0v) is 21.2. The number of carbonyl (C=O) groups excluding carboxylic acids is 2. The molecule has 2 amide bonds. The van der Waals surface area contributed by atoms with E-state index in [-0.39, 0.29) is 41.4 Å². The predicted molar refractivity (Wildman–Crippen MR) is 138 cm³/mol. The van der Waals surface area contributed by atoms with Crippen molar-refractivity contribution in [2.24, 2.45) is 12.8 Å². The summed E-state index contributed by atoms with van der Waals surface area (Å²) in [4.78, 5) is 46.7. The number of halogens is 3. The number of benzene rings is 1. The van der Waals surface area contributed by atoms with E-state index in [2.05, 4.69) is 19.8 Å². The third-order valence-electron chi connectivity index (χ3n) is 5.87. The first-order chi connectivity index (χ1) is 19.1. The van der Waals surface area contributed by atoms with E-state index in [9.17, 15) is 23.2 Å². The van der Waals surface area contributed by atoms with Crippen molar-refractivity contribution in [3.05, 3.63) is 76.7 Å². The highest BCUT2D eigenvalue weighted by Gasteiger charge is 2.20. The lowest BCUT2D eigenvalue weighted by atomic mass is 10.1. The van der Waals surface area contributed by atoms with Crippen molar-refractivity contribution in [3.8, 4) is 23.0 Å². The molecule has 1 aromatic carbocycles. The van der Waals surface area contributed by atoms with E-state index in [1.807, 2.05) is 0 Å². The normalized spacial score (nSPS) is 10.9. The second-order valence-electron chi connectivity index (χ2n) is 8.44. The molecule has 0 bridgehead atoms. The summed E-state index contributed by atoms with van der Waals surface area (Å²) in [5.41, 5.74) is 5.61. The predicted octanol–water partition coefficient (Wildman–Crippen LogP) is 1.97. The first-order valence-corrected chi connectivity index (χ1v) is 11.7. The fourth-order valence-electron chi connectivity index (χ4n) is 3.84. The van der Waals surface area contributed by atoms with Gasteiger partial charge in [0.25, 0.3) is 0 Å². The molecule has 0 aliphatic carbocycles. The zero-order valence-electron chi connectivity index (χ0n) is 21.2. The number of aromatic nitrogens is 5. The molecule has 3 aromatic heterocycles. The van der Waals surface area contributed by atoms with Crippen LogP contribution >= 0.6 is 0 Å². The number of nitrogens with zero attached hydrogens (tertiary/aromatic N) is 7. The van der Waals surface area contributed by atoms with E-state index in [1.165, 1.54) is 59.6 Å². The molecule has 0 radical (unpaired) electrons. The number of nitrogens with two attached hydrogens (primary N) is 1. The third kappa shape index (κ3) is 5.77. The Balaban J connectivity index is 1.54. The molecule has 0 aliphatic rings. The van der Waals surface area contributed by atoms with Gasteiger partial charge in [0.2, 0.25) is 12.3 Å². The maximum Gasteiger partial charge on any atom is 0.389 e. The van der Waals surface area contributed by atoms with Crippen LogP contribution in [0.15, 0.2) is 59.7 Å². The summed E-state index contributed by atoms with van der Waals surface area (Å²) < 4.78 is 47.0. The van der Waals surface area contributed by atoms with Gasteiger partial charge in [0, 0.05) is 50.2 Å². The van der Waals surface area contributed by atoms with Crippen LogP contribution in [0.4, 0.5) is 24.7 Å². The molecular formula is C25H23F3N8O4. The Kier molecular flexibility index (Phi) is 8.12. The van der Waals surface area contributed by atoms with Crippen LogP contribution in [0, 0.1) is 5.82 Å². The molecule has 0 aliphatic heterocycles. The average molecular weight is 557 g/mol. The molecule has 4 rings (SSSR count). The number of alkyl halides is 2. The molecule has 15 heteroatoms. The number of anilines is 2. The van der Waals surface area contributed by atoms with E-state index < -0.39 is 30.0 Å². The van der Waals surface area contributed by atoms with Gasteiger partial charge in [-0.15, -0.1) is 5.10 Å². The molecule has 208 valence electrons. The Morgan fingerprint density at radius 2 is 1.95 bits per heavy atom. The molecule has 0 atom stereocenters. The molecule has 0 unspecified atom stereocenters. The molecule has 2 N–H and O–H groups in total. The van der Waals surface area contributed by atoms with Gasteiger partial charge in [-0.2, -0.15) is 8.78 Å². The molecule has 0 fully saturated rings. The number of primary amides is 1. The lowest BCUT2D eigenvalue weighted by molar-refractivity contribution is -0.107. The van der Waals surface area contributed by atoms with Crippen LogP contribution in [0.25, 0.3) is 16.9 Å². The van der Waals surface area contributed by atoms with Crippen molar-refractivity contribution in [1.29, 1.82) is 0 Å². The van der Waals surface area contributed by atoms with E-state index in [0.29, 0.717) is 12.1 Å². The van der Waals surface area contributed by atoms with Gasteiger partial charge in [-0.1, -0.05) is 6.07 Å². The van der Waals surface area contributed by atoms with Gasteiger partial charge in [-0.05, 0) is 36.4 Å². The number of amides is 2. The highest BCUT2D eigenvalue weighted by molar-refractivity contribution is 5.94. The van der Waals surface area contributed by atoms with E-state index in [0.717, 1.165) is 9.25 Å². The van der Waals surface area contributed by atoms with Crippen molar-refractivity contribution >= 4 is 23.8 Å². The molecule has 40 heavy (non-hydrogen) atoms. The van der Waals surface area contributed by atoms with Crippen LogP contribution in [-0.4, -0.2) is 63.4 Å². The Hall–Kier alpha value is -5.21. The number of hydrogen-bond acceptors (Lipinski definition) is 8. The van der Waals surface area contributed by atoms with Crippen molar-refractivity contribution in [2.45, 2.75) is 6.61 Å². The number of likely N-dealkylation sites (N-methyl/N-ethyl adjacent to an activating group) is 1. The largest absolute Gasteiger partial charge is 0.401 e. The fraction of sp³-hybridized carbons (Fsp3) is 0.200. The Labute approximate surface area is 225 Å². The number of carbonyl (C=O) groups is 2. The van der Waals surface area contributed by atoms with Gasteiger partial charge in [0.05, 0.1) is 17.6 Å². The molecule has 3 heterocycles. The van der Waals surface area contributed by atoms with Crippen LogP contribution < -0.4 is 26.0 Å². The quantitative estimate of drug-likeness (QED) is 0.277. The number of hydrogen-bond donors (Lipinski definition) is 1. The molecular weight excluding hydrogens is 533 g/mol. The third-order valence-corrected chi connectivity index (χ3v) is 5.87. The highest BCUT2D eigenvalue weighted by Crippen LogP contribution is 2.27. The molecule has 0 saturated carbocycles. The molecule has 4 aromatic rings. The second kappa shape index (κ2) is 11.7. The lowest BCUT2D eigenvalue weighted by Gasteiger charge is -2.24. The zero-order chi connectivity index (χ0) is 29.0. The summed E-state index contributed by atoms with van der Waals surface area (Å²) >= 11 is 0. The minimum atomic E-state index is -3.20. The highest BCUT2D eigenvalue weighted by atomic mass is 19.3. The maximum atomic E-state index is 15.5. The van der Waals surface area contributed by atoms with Crippen molar-refractivity contribution in [2.75, 3.05) is 29.9 Å². The van der Waals surface area contributed by atoms with Crippen molar-refractivity contribution < 1.29 is 27.5 Å². The van der Waals surface area contributed by atoms with Gasteiger partial charge in [-0.3, -0.25) is 14.6 Å². The van der Waals surface area contributed by atoms with Crippen LogP contribution in [-0.2, 0) is 11.8 Å². The number of aryl methyl sites for hydroxylation is 1. The Morgan fingerprint density at radius 1 is 1.18 bits per heavy atom. The Bertz CT molecular complexity index is 1590. The summed E-state index contributed by atoms with van der Waals surface area (Å²) in [6, 6.07) is 9.81. The molecule has 0 spiro atoms. The Morgan fingerprint density at radius 3 is 2.60 bits per heavy atom. The first-order valence-electron chi connectivity index (χ1n) is 11.7. The minimum absolute atomic E-state index is 0.0174. The number of ether oxygens (including phenoxy) is 1. The standard InChI is InChI=1S/C25H23F3N8O4/c1-33(10-11-35(14-37)16-5-3-4-15(12-16)21(29)38)22-20(26)18(8-9-30-22)19-7-6-17(13-31-19)36-24(40-23(27)28)32-34(2)25(36)39/h3-9,12-14,23H,10-11H2,1-2H3,(H2,29,38). The van der Waals surface area contributed by atoms with Crippen molar-refractivity contribution in [3.63, 3.8) is 0 Å². The monoisotopic (exact) mass is 556 g/mol. The summed E-state index contributed by atoms with van der Waals surface area (Å²) in [6.07, 6.45) is 3.17. The van der Waals surface area contributed by atoms with Gasteiger partial charge >= 0.3 is 18.3 Å². The smallest absolute Gasteiger partial charge is 0.389 e. The summed E-state index contributed by atoms with van der Waals surface area (Å²) in [7, 11) is 2.86. The average Bonchev–Trinajstić information content (AvgIpc) is 3.21. The topological polar surface area (TPSA) is 141 Å². The number of rotatable bonds is 11. The van der Waals surface area contributed by atoms with Gasteiger partial charge in [0.15, 0.2) is 11.6 Å². The summed E-state index contributed by atoms with van der Waals surface area (Å²) in [5.74, 6) is -1.35. The van der Waals surface area contributed by atoms with Gasteiger partial charge in [0.1, 0.15) is 0 Å². The molecule has 0 saturated heterocycles. The van der Waals surface area contributed by atoms with Crippen LogP contribution in [0.5, 0.6) is 6.01 Å². The van der Waals surface area contributed by atoms with Crippen LogP contribution in [0.2, 0.25) is 0 Å².